The number of hydrogen-bond donors (Lipinski definition) is 0. The van der Waals surface area contributed by atoms with E-state index in [1.165, 1.54) is 29.3 Å². The zero-order valence-corrected chi connectivity index (χ0v) is 25.5. The van der Waals surface area contributed by atoms with E-state index in [9.17, 15) is 18.0 Å². The largest absolute Gasteiger partial charge is 0.495 e. The van der Waals surface area contributed by atoms with Crippen LogP contribution in [0.15, 0.2) is 114 Å². The fourth-order valence-electron chi connectivity index (χ4n) is 5.02. The van der Waals surface area contributed by atoms with Crippen molar-refractivity contribution in [3.63, 3.8) is 0 Å². The lowest BCUT2D eigenvalue weighted by molar-refractivity contribution is -0.126. The van der Waals surface area contributed by atoms with E-state index in [2.05, 4.69) is 6.92 Å². The Hall–Kier alpha value is -4.83. The topological polar surface area (TPSA) is 96.0 Å². The molecule has 0 spiro atoms. The molecule has 5 rings (SSSR count). The molecule has 4 aromatic carbocycles. The van der Waals surface area contributed by atoms with Crippen LogP contribution in [0.2, 0.25) is 0 Å². The Kier molecular flexibility index (Phi) is 9.50. The number of amides is 2. The number of unbranched alkanes of at least 4 members (excludes halogenated alkanes) is 2. The Balaban J connectivity index is 1.52. The minimum atomic E-state index is -4.21. The molecule has 0 aliphatic carbocycles. The molecule has 4 aromatic rings. The third-order valence-electron chi connectivity index (χ3n) is 7.29. The number of carbonyl (C=O) groups is 2. The maximum Gasteiger partial charge on any atom is 0.274 e. The van der Waals surface area contributed by atoms with Crippen molar-refractivity contribution in [1.82, 2.24) is 10.0 Å². The lowest BCUT2D eigenvalue weighted by Gasteiger charge is -2.25. The summed E-state index contributed by atoms with van der Waals surface area (Å²) >= 11 is 0. The van der Waals surface area contributed by atoms with Gasteiger partial charge in [-0.25, -0.2) is 18.4 Å². The van der Waals surface area contributed by atoms with Gasteiger partial charge < -0.3 is 9.47 Å². The van der Waals surface area contributed by atoms with E-state index in [0.29, 0.717) is 23.5 Å². The number of anilines is 1. The average Bonchev–Trinajstić information content (AvgIpc) is 3.82. The highest BCUT2D eigenvalue weighted by molar-refractivity contribution is 7.92. The van der Waals surface area contributed by atoms with Gasteiger partial charge >= 0.3 is 0 Å². The van der Waals surface area contributed by atoms with E-state index >= 15 is 0 Å². The van der Waals surface area contributed by atoms with Gasteiger partial charge in [-0.05, 0) is 48.9 Å². The first-order valence-electron chi connectivity index (χ1n) is 14.5. The fourth-order valence-corrected chi connectivity index (χ4v) is 6.47. The van der Waals surface area contributed by atoms with Crippen LogP contribution in [0.5, 0.6) is 11.5 Å². The summed E-state index contributed by atoms with van der Waals surface area (Å²) in [6, 6.07) is 30.4. The normalized spacial score (nSPS) is 14.2. The molecule has 1 saturated heterocycles. The summed E-state index contributed by atoms with van der Waals surface area (Å²) in [6.07, 6.45) is 2.15. The number of rotatable bonds is 13. The Morgan fingerprint density at radius 3 is 2.07 bits per heavy atom. The second-order valence-electron chi connectivity index (χ2n) is 10.2. The van der Waals surface area contributed by atoms with Gasteiger partial charge in [0.25, 0.3) is 21.8 Å². The number of ether oxygens (including phenoxy) is 2. The fraction of sp³-hybridized carbons (Fsp3) is 0.235. The number of benzene rings is 4. The number of para-hydroxylation sites is 3. The quantitative estimate of drug-likeness (QED) is 0.134. The van der Waals surface area contributed by atoms with Gasteiger partial charge in [0.2, 0.25) is 0 Å². The van der Waals surface area contributed by atoms with Crippen LogP contribution in [-0.2, 0) is 14.8 Å². The molecule has 1 unspecified atom stereocenters. The van der Waals surface area contributed by atoms with Gasteiger partial charge in [0.15, 0.2) is 6.17 Å². The molecule has 0 bridgehead atoms. The molecule has 0 aromatic heterocycles. The van der Waals surface area contributed by atoms with Crippen molar-refractivity contribution in [2.24, 2.45) is 0 Å². The molecule has 1 fully saturated rings. The van der Waals surface area contributed by atoms with Gasteiger partial charge in [0.1, 0.15) is 18.0 Å². The second kappa shape index (κ2) is 13.6. The Labute approximate surface area is 258 Å². The molecule has 44 heavy (non-hydrogen) atoms. The molecule has 1 aliphatic rings. The highest BCUT2D eigenvalue weighted by Crippen LogP contribution is 2.46. The van der Waals surface area contributed by atoms with E-state index in [0.717, 1.165) is 23.6 Å². The Bertz CT molecular complexity index is 1700. The summed E-state index contributed by atoms with van der Waals surface area (Å²) in [6.45, 7) is 2.03. The van der Waals surface area contributed by atoms with Crippen LogP contribution in [0.25, 0.3) is 0 Å². The molecule has 0 N–H and O–H groups in total. The van der Waals surface area contributed by atoms with Gasteiger partial charge in [-0.2, -0.15) is 0 Å². The Morgan fingerprint density at radius 1 is 0.773 bits per heavy atom. The lowest BCUT2D eigenvalue weighted by Crippen LogP contribution is -2.39. The number of hydrazine groups is 1. The number of carbonyl (C=O) groups excluding carboxylic acids is 2. The van der Waals surface area contributed by atoms with E-state index in [1.807, 2.05) is 24.3 Å². The molecular formula is C34H35N3O6S. The summed E-state index contributed by atoms with van der Waals surface area (Å²) in [5, 5.41) is 2.65. The third-order valence-corrected chi connectivity index (χ3v) is 9.07. The standard InChI is InChI=1S/C34H35N3O6S/c1-3-4-15-24-43-30-22-13-11-20-28(30)33-36(37(33)34(39)26-16-7-5-8-17-26)32(38)25-35(29-21-12-14-23-31(29)42-2)44(40,41)27-18-9-6-10-19-27/h5-14,16-23,33H,3-4,15,24-25H2,1-2H3. The van der Waals surface area contributed by atoms with Crippen molar-refractivity contribution in [2.75, 3.05) is 24.6 Å². The summed E-state index contributed by atoms with van der Waals surface area (Å²) in [4.78, 5) is 27.9. The monoisotopic (exact) mass is 613 g/mol. The third kappa shape index (κ3) is 6.40. The maximum atomic E-state index is 14.2. The highest BCUT2D eigenvalue weighted by Gasteiger charge is 2.55. The van der Waals surface area contributed by atoms with Crippen LogP contribution in [0, 0.1) is 0 Å². The van der Waals surface area contributed by atoms with Gasteiger partial charge in [0, 0.05) is 11.1 Å². The number of hydrogen-bond acceptors (Lipinski definition) is 6. The number of nitrogens with zero attached hydrogens (tertiary/aromatic N) is 3. The van der Waals surface area contributed by atoms with Crippen LogP contribution in [0.1, 0.15) is 48.3 Å². The summed E-state index contributed by atoms with van der Waals surface area (Å²) < 4.78 is 40.6. The zero-order valence-electron chi connectivity index (χ0n) is 24.7. The van der Waals surface area contributed by atoms with Crippen molar-refractivity contribution < 1.29 is 27.5 Å². The average molecular weight is 614 g/mol. The van der Waals surface area contributed by atoms with Crippen LogP contribution < -0.4 is 13.8 Å². The Morgan fingerprint density at radius 2 is 1.39 bits per heavy atom. The van der Waals surface area contributed by atoms with Crippen molar-refractivity contribution in [3.8, 4) is 11.5 Å². The van der Waals surface area contributed by atoms with Crippen molar-refractivity contribution >= 4 is 27.5 Å². The van der Waals surface area contributed by atoms with Gasteiger partial charge in [-0.3, -0.25) is 13.9 Å². The van der Waals surface area contributed by atoms with Crippen molar-refractivity contribution in [1.29, 1.82) is 0 Å². The van der Waals surface area contributed by atoms with Crippen LogP contribution in [0.3, 0.4) is 0 Å². The minimum Gasteiger partial charge on any atom is -0.495 e. The minimum absolute atomic E-state index is 0.0177. The van der Waals surface area contributed by atoms with Gasteiger partial charge in [-0.1, -0.05) is 86.5 Å². The SMILES string of the molecule is CCCCCOc1ccccc1C1N(C(=O)CN(c2ccccc2OC)S(=O)(=O)c2ccccc2)N1C(=O)c1ccccc1. The molecule has 1 aliphatic heterocycles. The van der Waals surface area contributed by atoms with E-state index in [-0.39, 0.29) is 22.2 Å². The predicted octanol–water partition coefficient (Wildman–Crippen LogP) is 6.06. The second-order valence-corrected chi connectivity index (χ2v) is 12.1. The molecule has 0 radical (unpaired) electrons. The van der Waals surface area contributed by atoms with Crippen LogP contribution >= 0.6 is 0 Å². The molecule has 1 heterocycles. The highest BCUT2D eigenvalue weighted by atomic mass is 32.2. The van der Waals surface area contributed by atoms with Gasteiger partial charge in [-0.15, -0.1) is 0 Å². The lowest BCUT2D eigenvalue weighted by atomic mass is 10.1. The number of sulfonamides is 1. The first-order valence-corrected chi connectivity index (χ1v) is 16.0. The molecule has 0 saturated carbocycles. The van der Waals surface area contributed by atoms with Crippen molar-refractivity contribution in [3.05, 3.63) is 120 Å². The number of methoxy groups -OCH3 is 1. The summed E-state index contributed by atoms with van der Waals surface area (Å²) in [5.41, 5.74) is 1.23. The van der Waals surface area contributed by atoms with E-state index in [4.69, 9.17) is 9.47 Å². The van der Waals surface area contributed by atoms with Crippen LogP contribution in [-0.4, -0.2) is 50.5 Å². The maximum absolute atomic E-state index is 14.2. The van der Waals surface area contributed by atoms with E-state index in [1.54, 1.807) is 72.8 Å². The smallest absolute Gasteiger partial charge is 0.274 e. The zero-order chi connectivity index (χ0) is 31.1. The summed E-state index contributed by atoms with van der Waals surface area (Å²) in [5.74, 6) is -0.136. The predicted molar refractivity (Wildman–Crippen MR) is 168 cm³/mol. The van der Waals surface area contributed by atoms with Crippen LogP contribution in [0.4, 0.5) is 5.69 Å². The summed E-state index contributed by atoms with van der Waals surface area (Å²) in [7, 11) is -2.77. The molecule has 228 valence electrons. The first-order chi connectivity index (χ1) is 21.4. The molecule has 9 nitrogen and oxygen atoms in total. The molecule has 2 amide bonds. The first kappa shape index (κ1) is 30.6. The van der Waals surface area contributed by atoms with Gasteiger partial charge in [0.05, 0.1) is 24.3 Å². The molecule has 1 atom stereocenters. The molecule has 10 heteroatoms. The van der Waals surface area contributed by atoms with Crippen molar-refractivity contribution in [2.45, 2.75) is 37.2 Å². The van der Waals surface area contributed by atoms with E-state index < -0.39 is 28.6 Å². The molecular weight excluding hydrogens is 578 g/mol.